The molecule has 0 bridgehead atoms. The van der Waals surface area contributed by atoms with Gasteiger partial charge in [0.1, 0.15) is 22.5 Å². The van der Waals surface area contributed by atoms with Crippen molar-refractivity contribution in [2.75, 3.05) is 32.1 Å². The number of primary amides is 1. The number of hydrogen-bond donors (Lipinski definition) is 2. The van der Waals surface area contributed by atoms with Crippen LogP contribution in [0.25, 0.3) is 10.2 Å². The van der Waals surface area contributed by atoms with Crippen molar-refractivity contribution in [2.45, 2.75) is 12.6 Å². The van der Waals surface area contributed by atoms with Gasteiger partial charge in [-0.15, -0.1) is 11.3 Å². The van der Waals surface area contributed by atoms with Gasteiger partial charge in [0.25, 0.3) is 0 Å². The fourth-order valence-electron chi connectivity index (χ4n) is 2.43. The number of anilines is 1. The van der Waals surface area contributed by atoms with Crippen LogP contribution in [0, 0.1) is 0 Å². The fraction of sp³-hybridized carbons (Fsp3) is 0.462. The van der Waals surface area contributed by atoms with E-state index < -0.39 is 6.04 Å². The smallest absolute Gasteiger partial charge is 0.237 e. The van der Waals surface area contributed by atoms with Crippen LogP contribution in [0.5, 0.6) is 0 Å². The summed E-state index contributed by atoms with van der Waals surface area (Å²) >= 11 is 1.57. The molecule has 0 radical (unpaired) electrons. The van der Waals surface area contributed by atoms with E-state index in [0.29, 0.717) is 32.1 Å². The monoisotopic (exact) mass is 307 g/mol. The van der Waals surface area contributed by atoms with E-state index in [1.807, 2.05) is 23.4 Å². The highest BCUT2D eigenvalue weighted by atomic mass is 32.1. The second-order valence-corrected chi connectivity index (χ2v) is 5.74. The van der Waals surface area contributed by atoms with E-state index in [9.17, 15) is 4.79 Å². The van der Waals surface area contributed by atoms with Gasteiger partial charge in [-0.05, 0) is 11.4 Å². The Morgan fingerprint density at radius 3 is 3.24 bits per heavy atom. The predicted octanol–water partition coefficient (Wildman–Crippen LogP) is 0.419. The number of nitrogens with one attached hydrogen (secondary N) is 1. The second-order valence-electron chi connectivity index (χ2n) is 4.84. The zero-order chi connectivity index (χ0) is 14.8. The van der Waals surface area contributed by atoms with Crippen LogP contribution in [0.2, 0.25) is 0 Å². The van der Waals surface area contributed by atoms with Crippen molar-refractivity contribution in [3.05, 3.63) is 17.3 Å². The number of morpholine rings is 1. The molecule has 7 nitrogen and oxygen atoms in total. The van der Waals surface area contributed by atoms with Gasteiger partial charge in [-0.25, -0.2) is 9.97 Å². The molecule has 1 aliphatic rings. The van der Waals surface area contributed by atoms with Crippen molar-refractivity contribution in [1.29, 1.82) is 0 Å². The topological polar surface area (TPSA) is 93.4 Å². The number of ether oxygens (including phenoxy) is 1. The molecule has 1 atom stereocenters. The third kappa shape index (κ3) is 2.82. The largest absolute Gasteiger partial charge is 0.378 e. The summed E-state index contributed by atoms with van der Waals surface area (Å²) in [5.74, 6) is 1.11. The van der Waals surface area contributed by atoms with Crippen molar-refractivity contribution in [2.24, 2.45) is 5.73 Å². The Kier molecular flexibility index (Phi) is 4.00. The maximum atomic E-state index is 11.5. The van der Waals surface area contributed by atoms with Crippen molar-refractivity contribution >= 4 is 33.3 Å². The summed E-state index contributed by atoms with van der Waals surface area (Å²) in [4.78, 5) is 23.5. The number of aromatic nitrogens is 2. The Morgan fingerprint density at radius 1 is 1.62 bits per heavy atom. The highest BCUT2D eigenvalue weighted by molar-refractivity contribution is 7.16. The van der Waals surface area contributed by atoms with Crippen molar-refractivity contribution in [3.63, 3.8) is 0 Å². The van der Waals surface area contributed by atoms with Crippen LogP contribution in [0.4, 0.5) is 5.82 Å². The number of nitrogens with two attached hydrogens (primary N) is 1. The maximum Gasteiger partial charge on any atom is 0.237 e. The third-order valence-corrected chi connectivity index (χ3v) is 4.33. The number of hydrogen-bond acceptors (Lipinski definition) is 7. The van der Waals surface area contributed by atoms with Gasteiger partial charge in [0.2, 0.25) is 5.91 Å². The fourth-order valence-corrected chi connectivity index (χ4v) is 3.21. The maximum absolute atomic E-state index is 11.5. The molecule has 0 saturated carbocycles. The van der Waals surface area contributed by atoms with Gasteiger partial charge >= 0.3 is 0 Å². The number of amides is 1. The minimum atomic E-state index is -0.417. The molecule has 3 N–H and O–H groups in total. The van der Waals surface area contributed by atoms with E-state index in [0.717, 1.165) is 16.0 Å². The van der Waals surface area contributed by atoms with Gasteiger partial charge in [-0.1, -0.05) is 0 Å². The van der Waals surface area contributed by atoms with Crippen LogP contribution in [0.1, 0.15) is 5.82 Å². The first kappa shape index (κ1) is 14.2. The van der Waals surface area contributed by atoms with E-state index in [2.05, 4.69) is 15.3 Å². The summed E-state index contributed by atoms with van der Waals surface area (Å²) in [6.45, 7) is 2.05. The zero-order valence-corrected chi connectivity index (χ0v) is 12.5. The van der Waals surface area contributed by atoms with Crippen LogP contribution in [0.3, 0.4) is 0 Å². The number of rotatable bonds is 4. The molecule has 8 heteroatoms. The molecule has 3 rings (SSSR count). The molecule has 3 heterocycles. The number of nitrogens with zero attached hydrogens (tertiary/aromatic N) is 3. The normalized spacial score (nSPS) is 19.8. The Morgan fingerprint density at radius 2 is 2.48 bits per heavy atom. The van der Waals surface area contributed by atoms with Gasteiger partial charge in [-0.2, -0.15) is 0 Å². The lowest BCUT2D eigenvalue weighted by Crippen LogP contribution is -2.52. The molecule has 2 aromatic heterocycles. The third-order valence-electron chi connectivity index (χ3n) is 3.52. The minimum Gasteiger partial charge on any atom is -0.378 e. The first-order valence-electron chi connectivity index (χ1n) is 6.72. The molecule has 2 aromatic rings. The summed E-state index contributed by atoms with van der Waals surface area (Å²) < 4.78 is 5.32. The average Bonchev–Trinajstić information content (AvgIpc) is 2.95. The number of carbonyl (C=O) groups excluding carboxylic acids is 1. The Bertz CT molecular complexity index is 659. The molecular formula is C13H17N5O2S. The summed E-state index contributed by atoms with van der Waals surface area (Å²) in [7, 11) is 1.84. The molecule has 0 aliphatic carbocycles. The molecule has 112 valence electrons. The van der Waals surface area contributed by atoms with E-state index >= 15 is 0 Å². The Labute approximate surface area is 126 Å². The number of fused-ring (bicyclic) bond motifs is 1. The standard InChI is InChI=1S/C13H17N5O2S/c1-15-12-8-2-5-21-13(8)17-10(16-12)6-18-3-4-20-7-9(18)11(14)19/h2,5,9H,3-4,6-7H2,1H3,(H2,14,19)(H,15,16,17). The molecule has 1 saturated heterocycles. The summed E-state index contributed by atoms with van der Waals surface area (Å²) in [5.41, 5.74) is 5.43. The molecule has 1 unspecified atom stereocenters. The van der Waals surface area contributed by atoms with E-state index in [1.165, 1.54) is 0 Å². The van der Waals surface area contributed by atoms with E-state index in [4.69, 9.17) is 10.5 Å². The van der Waals surface area contributed by atoms with Crippen molar-refractivity contribution in [3.8, 4) is 0 Å². The Balaban J connectivity index is 1.88. The van der Waals surface area contributed by atoms with Gasteiger partial charge in [-0.3, -0.25) is 9.69 Å². The number of carbonyl (C=O) groups is 1. The molecule has 0 aromatic carbocycles. The summed E-state index contributed by atoms with van der Waals surface area (Å²) in [6.07, 6.45) is 0. The van der Waals surface area contributed by atoms with Gasteiger partial charge < -0.3 is 15.8 Å². The van der Waals surface area contributed by atoms with Gasteiger partial charge in [0, 0.05) is 13.6 Å². The van der Waals surface area contributed by atoms with Gasteiger partial charge in [0.15, 0.2) is 0 Å². The van der Waals surface area contributed by atoms with Crippen LogP contribution < -0.4 is 11.1 Å². The molecule has 21 heavy (non-hydrogen) atoms. The zero-order valence-electron chi connectivity index (χ0n) is 11.7. The van der Waals surface area contributed by atoms with Crippen LogP contribution in [-0.4, -0.2) is 53.6 Å². The number of thiophene rings is 1. The SMILES string of the molecule is CNc1nc(CN2CCOCC2C(N)=O)nc2sccc12. The quantitative estimate of drug-likeness (QED) is 0.850. The lowest BCUT2D eigenvalue weighted by Gasteiger charge is -2.32. The first-order chi connectivity index (χ1) is 10.2. The van der Waals surface area contributed by atoms with Crippen molar-refractivity contribution < 1.29 is 9.53 Å². The van der Waals surface area contributed by atoms with E-state index in [1.54, 1.807) is 11.3 Å². The van der Waals surface area contributed by atoms with E-state index in [-0.39, 0.29) is 5.91 Å². The van der Waals surface area contributed by atoms with Crippen LogP contribution in [0.15, 0.2) is 11.4 Å². The first-order valence-corrected chi connectivity index (χ1v) is 7.60. The molecule has 1 fully saturated rings. The lowest BCUT2D eigenvalue weighted by atomic mass is 10.2. The van der Waals surface area contributed by atoms with Crippen LogP contribution >= 0.6 is 11.3 Å². The van der Waals surface area contributed by atoms with Crippen molar-refractivity contribution in [1.82, 2.24) is 14.9 Å². The summed E-state index contributed by atoms with van der Waals surface area (Å²) in [6, 6.07) is 1.58. The molecule has 0 spiro atoms. The molecule has 1 amide bonds. The Hall–Kier alpha value is -1.77. The molecular weight excluding hydrogens is 290 g/mol. The summed E-state index contributed by atoms with van der Waals surface area (Å²) in [5, 5.41) is 6.09. The second kappa shape index (κ2) is 5.92. The highest BCUT2D eigenvalue weighted by Gasteiger charge is 2.28. The highest BCUT2D eigenvalue weighted by Crippen LogP contribution is 2.25. The van der Waals surface area contributed by atoms with Crippen LogP contribution in [-0.2, 0) is 16.1 Å². The predicted molar refractivity (Wildman–Crippen MR) is 81.2 cm³/mol. The lowest BCUT2D eigenvalue weighted by molar-refractivity contribution is -0.129. The van der Waals surface area contributed by atoms with Gasteiger partial charge in [0.05, 0.1) is 25.1 Å². The minimum absolute atomic E-state index is 0.329. The molecule has 1 aliphatic heterocycles. The average molecular weight is 307 g/mol.